The normalized spacial score (nSPS) is 18.9. The Morgan fingerprint density at radius 1 is 1.40 bits per heavy atom. The summed E-state index contributed by atoms with van der Waals surface area (Å²) in [7, 11) is -3.64. The van der Waals surface area contributed by atoms with E-state index >= 15 is 0 Å². The van der Waals surface area contributed by atoms with Crippen LogP contribution in [0.15, 0.2) is 23.1 Å². The third-order valence-corrected chi connectivity index (χ3v) is 4.97. The molecular formula is C13H20N2O4S. The lowest BCUT2D eigenvalue weighted by atomic mass is 9.95. The van der Waals surface area contributed by atoms with Gasteiger partial charge in [0.2, 0.25) is 10.0 Å². The van der Waals surface area contributed by atoms with Gasteiger partial charge in [-0.2, -0.15) is 0 Å². The van der Waals surface area contributed by atoms with Crippen molar-refractivity contribution in [3.63, 3.8) is 0 Å². The number of nitrogens with one attached hydrogen (secondary N) is 1. The van der Waals surface area contributed by atoms with Gasteiger partial charge in [-0.3, -0.25) is 0 Å². The van der Waals surface area contributed by atoms with E-state index in [0.29, 0.717) is 37.3 Å². The third-order valence-electron chi connectivity index (χ3n) is 3.57. The smallest absolute Gasteiger partial charge is 0.240 e. The van der Waals surface area contributed by atoms with Gasteiger partial charge in [-0.1, -0.05) is 0 Å². The number of aryl methyl sites for hydroxylation is 1. The molecule has 1 aliphatic heterocycles. The molecule has 1 heterocycles. The molecule has 0 aliphatic carbocycles. The molecular weight excluding hydrogens is 280 g/mol. The lowest BCUT2D eigenvalue weighted by Gasteiger charge is -2.31. The molecule has 1 aromatic carbocycles. The summed E-state index contributed by atoms with van der Waals surface area (Å²) in [6, 6.07) is 4.54. The number of sulfonamides is 1. The Morgan fingerprint density at radius 3 is 2.65 bits per heavy atom. The molecule has 4 N–H and O–H groups in total. The molecule has 2 rings (SSSR count). The van der Waals surface area contributed by atoms with Gasteiger partial charge in [-0.25, -0.2) is 13.1 Å². The lowest BCUT2D eigenvalue weighted by Crippen LogP contribution is -2.46. The molecule has 0 bridgehead atoms. The maximum absolute atomic E-state index is 12.2. The summed E-state index contributed by atoms with van der Waals surface area (Å²) >= 11 is 0. The van der Waals surface area contributed by atoms with E-state index in [4.69, 9.17) is 10.5 Å². The fourth-order valence-electron chi connectivity index (χ4n) is 2.06. The van der Waals surface area contributed by atoms with Gasteiger partial charge in [-0.05, 0) is 30.7 Å². The highest BCUT2D eigenvalue weighted by Crippen LogP contribution is 2.21. The average Bonchev–Trinajstić information content (AvgIpc) is 2.41. The fourth-order valence-corrected chi connectivity index (χ4v) is 3.26. The molecule has 0 spiro atoms. The van der Waals surface area contributed by atoms with Crippen LogP contribution in [0.4, 0.5) is 5.69 Å². The van der Waals surface area contributed by atoms with Crippen LogP contribution in [0.25, 0.3) is 0 Å². The van der Waals surface area contributed by atoms with Crippen LogP contribution in [0.2, 0.25) is 0 Å². The van der Waals surface area contributed by atoms with Gasteiger partial charge in [0.05, 0.1) is 10.5 Å². The number of nitrogen functional groups attached to an aromatic ring is 1. The van der Waals surface area contributed by atoms with Gasteiger partial charge in [-0.15, -0.1) is 0 Å². The molecule has 1 fully saturated rings. The van der Waals surface area contributed by atoms with Crippen LogP contribution in [0.3, 0.4) is 0 Å². The van der Waals surface area contributed by atoms with Gasteiger partial charge in [0.25, 0.3) is 0 Å². The summed E-state index contributed by atoms with van der Waals surface area (Å²) in [5.74, 6) is 0. The number of rotatable bonds is 4. The summed E-state index contributed by atoms with van der Waals surface area (Å²) in [5.41, 5.74) is 5.90. The quantitative estimate of drug-likeness (QED) is 0.699. The molecule has 1 saturated heterocycles. The zero-order valence-corrected chi connectivity index (χ0v) is 12.2. The minimum atomic E-state index is -3.64. The third kappa shape index (κ3) is 3.49. The topological polar surface area (TPSA) is 102 Å². The molecule has 112 valence electrons. The predicted molar refractivity (Wildman–Crippen MR) is 75.8 cm³/mol. The highest BCUT2D eigenvalue weighted by Gasteiger charge is 2.31. The number of anilines is 1. The van der Waals surface area contributed by atoms with Crippen molar-refractivity contribution in [2.75, 3.05) is 25.5 Å². The van der Waals surface area contributed by atoms with E-state index in [0.717, 1.165) is 0 Å². The minimum Gasteiger partial charge on any atom is -0.399 e. The van der Waals surface area contributed by atoms with Crippen molar-refractivity contribution in [2.45, 2.75) is 30.3 Å². The molecule has 0 radical (unpaired) electrons. The summed E-state index contributed by atoms with van der Waals surface area (Å²) in [6.07, 6.45) is 0.854. The van der Waals surface area contributed by atoms with Crippen molar-refractivity contribution in [1.82, 2.24) is 4.72 Å². The Kier molecular flexibility index (Phi) is 4.33. The van der Waals surface area contributed by atoms with E-state index in [1.165, 1.54) is 12.1 Å². The Bertz CT molecular complexity index is 580. The van der Waals surface area contributed by atoms with Crippen LogP contribution in [0.5, 0.6) is 0 Å². The second-order valence-corrected chi connectivity index (χ2v) is 6.95. The minimum absolute atomic E-state index is 0.0118. The highest BCUT2D eigenvalue weighted by molar-refractivity contribution is 7.89. The van der Waals surface area contributed by atoms with E-state index in [1.54, 1.807) is 13.0 Å². The molecule has 20 heavy (non-hydrogen) atoms. The first kappa shape index (κ1) is 15.2. The van der Waals surface area contributed by atoms with Crippen LogP contribution >= 0.6 is 0 Å². The fraction of sp³-hybridized carbons (Fsp3) is 0.538. The summed E-state index contributed by atoms with van der Waals surface area (Å²) < 4.78 is 32.0. The second-order valence-electron chi connectivity index (χ2n) is 5.18. The van der Waals surface area contributed by atoms with Crippen molar-refractivity contribution in [1.29, 1.82) is 0 Å². The molecule has 7 heteroatoms. The first-order chi connectivity index (χ1) is 9.32. The highest BCUT2D eigenvalue weighted by atomic mass is 32.2. The molecule has 6 nitrogen and oxygen atoms in total. The van der Waals surface area contributed by atoms with Crippen LogP contribution in [0, 0.1) is 6.92 Å². The maximum atomic E-state index is 12.2. The average molecular weight is 300 g/mol. The molecule has 1 aromatic rings. The van der Waals surface area contributed by atoms with Crippen molar-refractivity contribution in [3.8, 4) is 0 Å². The number of ether oxygens (including phenoxy) is 1. The number of benzene rings is 1. The molecule has 1 aliphatic rings. The Hall–Kier alpha value is -1.15. The summed E-state index contributed by atoms with van der Waals surface area (Å²) in [6.45, 7) is 2.63. The van der Waals surface area contributed by atoms with Gasteiger partial charge >= 0.3 is 0 Å². The molecule has 0 unspecified atom stereocenters. The molecule has 0 saturated carbocycles. The van der Waals surface area contributed by atoms with E-state index in [-0.39, 0.29) is 11.4 Å². The van der Waals surface area contributed by atoms with Gasteiger partial charge in [0.15, 0.2) is 0 Å². The number of nitrogens with two attached hydrogens (primary N) is 1. The largest absolute Gasteiger partial charge is 0.399 e. The molecule has 0 atom stereocenters. The van der Waals surface area contributed by atoms with Crippen molar-refractivity contribution in [2.24, 2.45) is 0 Å². The monoisotopic (exact) mass is 300 g/mol. The Labute approximate surface area is 119 Å². The summed E-state index contributed by atoms with van der Waals surface area (Å²) in [4.78, 5) is 0.153. The Balaban J connectivity index is 2.09. The standard InChI is InChI=1S/C13H20N2O4S/c1-10-8-11(2-3-12(10)14)20(17,18)15-9-13(16)4-6-19-7-5-13/h2-3,8,15-16H,4-7,9,14H2,1H3. The van der Waals surface area contributed by atoms with Crippen LogP contribution in [-0.2, 0) is 14.8 Å². The number of aliphatic hydroxyl groups is 1. The maximum Gasteiger partial charge on any atom is 0.240 e. The van der Waals surface area contributed by atoms with E-state index < -0.39 is 15.6 Å². The van der Waals surface area contributed by atoms with Crippen molar-refractivity contribution in [3.05, 3.63) is 23.8 Å². The lowest BCUT2D eigenvalue weighted by molar-refractivity contribution is -0.0588. The van der Waals surface area contributed by atoms with E-state index in [9.17, 15) is 13.5 Å². The van der Waals surface area contributed by atoms with Gasteiger partial charge < -0.3 is 15.6 Å². The Morgan fingerprint density at radius 2 is 2.05 bits per heavy atom. The van der Waals surface area contributed by atoms with Crippen LogP contribution in [0.1, 0.15) is 18.4 Å². The molecule has 0 aromatic heterocycles. The zero-order chi connectivity index (χ0) is 14.8. The second kappa shape index (κ2) is 5.69. The van der Waals surface area contributed by atoms with Crippen molar-refractivity contribution < 1.29 is 18.3 Å². The predicted octanol–water partition coefficient (Wildman–Crippen LogP) is 0.397. The summed E-state index contributed by atoms with van der Waals surface area (Å²) in [5, 5.41) is 10.3. The van der Waals surface area contributed by atoms with E-state index in [2.05, 4.69) is 4.72 Å². The van der Waals surface area contributed by atoms with Gasteiger partial charge in [0.1, 0.15) is 0 Å². The molecule has 0 amide bonds. The number of hydrogen-bond donors (Lipinski definition) is 3. The first-order valence-corrected chi connectivity index (χ1v) is 7.97. The van der Waals surface area contributed by atoms with E-state index in [1.807, 2.05) is 0 Å². The van der Waals surface area contributed by atoms with Crippen LogP contribution in [-0.4, -0.2) is 38.9 Å². The first-order valence-electron chi connectivity index (χ1n) is 6.48. The van der Waals surface area contributed by atoms with Gasteiger partial charge in [0, 0.05) is 38.3 Å². The SMILES string of the molecule is Cc1cc(S(=O)(=O)NCC2(O)CCOCC2)ccc1N. The number of hydrogen-bond acceptors (Lipinski definition) is 5. The van der Waals surface area contributed by atoms with Crippen LogP contribution < -0.4 is 10.5 Å². The van der Waals surface area contributed by atoms with Crippen molar-refractivity contribution >= 4 is 15.7 Å². The zero-order valence-electron chi connectivity index (χ0n) is 11.4.